The molecular formula is C14H13N3O4. The molecular weight excluding hydrogens is 274 g/mol. The van der Waals surface area contributed by atoms with Gasteiger partial charge in [-0.05, 0) is 19.1 Å². The molecule has 0 aliphatic heterocycles. The molecule has 108 valence electrons. The molecule has 0 fully saturated rings. The zero-order chi connectivity index (χ0) is 15.2. The predicted molar refractivity (Wildman–Crippen MR) is 73.3 cm³/mol. The number of nitrogens with zero attached hydrogens (tertiary/aromatic N) is 2. The van der Waals surface area contributed by atoms with Gasteiger partial charge in [-0.25, -0.2) is 4.79 Å². The van der Waals surface area contributed by atoms with Crippen LogP contribution >= 0.6 is 0 Å². The van der Waals surface area contributed by atoms with Gasteiger partial charge in [0, 0.05) is 35.7 Å². The Hall–Kier alpha value is -2.96. The average Bonchev–Trinajstić information content (AvgIpc) is 2.88. The van der Waals surface area contributed by atoms with Gasteiger partial charge in [0.2, 0.25) is 0 Å². The van der Waals surface area contributed by atoms with E-state index in [0.717, 1.165) is 11.8 Å². The van der Waals surface area contributed by atoms with Crippen LogP contribution in [0.5, 0.6) is 0 Å². The van der Waals surface area contributed by atoms with Crippen LogP contribution < -0.4 is 5.32 Å². The van der Waals surface area contributed by atoms with E-state index < -0.39 is 5.97 Å². The lowest BCUT2D eigenvalue weighted by atomic mass is 10.1. The van der Waals surface area contributed by atoms with Gasteiger partial charge in [0.1, 0.15) is 0 Å². The topological polar surface area (TPSA) is 105 Å². The quantitative estimate of drug-likeness (QED) is 0.805. The molecule has 0 aliphatic rings. The minimum absolute atomic E-state index is 0.198. The van der Waals surface area contributed by atoms with Crippen LogP contribution in [0, 0.1) is 6.92 Å². The number of carbonyl (C=O) groups excluding carboxylic acids is 1. The van der Waals surface area contributed by atoms with Crippen molar-refractivity contribution in [1.29, 1.82) is 0 Å². The van der Waals surface area contributed by atoms with E-state index in [-0.39, 0.29) is 12.5 Å². The Labute approximate surface area is 120 Å². The molecule has 7 heteroatoms. The smallest absolute Gasteiger partial charge is 0.328 e. The Balaban J connectivity index is 2.10. The van der Waals surface area contributed by atoms with Crippen LogP contribution in [0.25, 0.3) is 6.08 Å². The molecule has 0 aromatic carbocycles. The number of pyridine rings is 1. The van der Waals surface area contributed by atoms with Gasteiger partial charge in [0.05, 0.1) is 12.2 Å². The lowest BCUT2D eigenvalue weighted by Gasteiger charge is -2.05. The maximum atomic E-state index is 12.1. The van der Waals surface area contributed by atoms with Crippen molar-refractivity contribution < 1.29 is 19.2 Å². The van der Waals surface area contributed by atoms with Gasteiger partial charge in [-0.15, -0.1) is 0 Å². The van der Waals surface area contributed by atoms with Crippen molar-refractivity contribution >= 4 is 18.0 Å². The highest BCUT2D eigenvalue weighted by Crippen LogP contribution is 2.10. The summed E-state index contributed by atoms with van der Waals surface area (Å²) in [5.41, 5.74) is 1.48. The summed E-state index contributed by atoms with van der Waals surface area (Å²) < 4.78 is 4.99. The van der Waals surface area contributed by atoms with E-state index in [0.29, 0.717) is 16.9 Å². The van der Waals surface area contributed by atoms with Crippen molar-refractivity contribution in [2.75, 3.05) is 0 Å². The third-order valence-electron chi connectivity index (χ3n) is 2.60. The minimum Gasteiger partial charge on any atom is -0.478 e. The van der Waals surface area contributed by atoms with E-state index in [1.165, 1.54) is 24.5 Å². The number of aryl methyl sites for hydroxylation is 1. The maximum Gasteiger partial charge on any atom is 0.328 e. The lowest BCUT2D eigenvalue weighted by molar-refractivity contribution is -0.131. The van der Waals surface area contributed by atoms with E-state index >= 15 is 0 Å². The molecule has 2 N–H and O–H groups in total. The predicted octanol–water partition coefficient (Wildman–Crippen LogP) is 1.41. The Bertz CT molecular complexity index is 691. The minimum atomic E-state index is -1.10. The normalized spacial score (nSPS) is 10.7. The van der Waals surface area contributed by atoms with Crippen LogP contribution in [-0.4, -0.2) is 27.1 Å². The first-order chi connectivity index (χ1) is 10.1. The summed E-state index contributed by atoms with van der Waals surface area (Å²) in [6.45, 7) is 1.98. The highest BCUT2D eigenvalue weighted by molar-refractivity contribution is 5.98. The van der Waals surface area contributed by atoms with E-state index in [1.807, 2.05) is 0 Å². The SMILES string of the molecule is Cc1cc(CNC(=O)c2ccncc2C=CC(=O)O)on1. The number of hydrogen-bond acceptors (Lipinski definition) is 5. The Morgan fingerprint density at radius 1 is 1.48 bits per heavy atom. The summed E-state index contributed by atoms with van der Waals surface area (Å²) in [7, 11) is 0. The zero-order valence-electron chi connectivity index (χ0n) is 11.2. The second-order valence-corrected chi connectivity index (χ2v) is 4.25. The second kappa shape index (κ2) is 6.47. The van der Waals surface area contributed by atoms with Crippen LogP contribution in [0.2, 0.25) is 0 Å². The highest BCUT2D eigenvalue weighted by Gasteiger charge is 2.11. The van der Waals surface area contributed by atoms with Crippen molar-refractivity contribution in [3.63, 3.8) is 0 Å². The van der Waals surface area contributed by atoms with Crippen molar-refractivity contribution in [3.8, 4) is 0 Å². The first-order valence-electron chi connectivity index (χ1n) is 6.11. The van der Waals surface area contributed by atoms with E-state index in [9.17, 15) is 9.59 Å². The average molecular weight is 287 g/mol. The Kier molecular flexibility index (Phi) is 4.45. The standard InChI is InChI=1S/C14H13N3O4/c1-9-6-11(21-17-9)8-16-14(20)12-4-5-15-7-10(12)2-3-13(18)19/h2-7H,8H2,1H3,(H,16,20)(H,18,19). The molecule has 2 aromatic rings. The molecule has 0 bridgehead atoms. The number of nitrogens with one attached hydrogen (secondary N) is 1. The highest BCUT2D eigenvalue weighted by atomic mass is 16.5. The molecule has 2 aromatic heterocycles. The number of carbonyl (C=O) groups is 2. The molecule has 0 radical (unpaired) electrons. The monoisotopic (exact) mass is 287 g/mol. The summed E-state index contributed by atoms with van der Waals surface area (Å²) in [4.78, 5) is 26.5. The summed E-state index contributed by atoms with van der Waals surface area (Å²) in [5, 5.41) is 15.0. The second-order valence-electron chi connectivity index (χ2n) is 4.25. The Morgan fingerprint density at radius 2 is 2.29 bits per heavy atom. The van der Waals surface area contributed by atoms with Crippen LogP contribution in [-0.2, 0) is 11.3 Å². The largest absolute Gasteiger partial charge is 0.478 e. The number of aliphatic carboxylic acids is 1. The summed E-state index contributed by atoms with van der Waals surface area (Å²) >= 11 is 0. The molecule has 0 spiro atoms. The molecule has 0 atom stereocenters. The third kappa shape index (κ3) is 4.00. The van der Waals surface area contributed by atoms with Crippen molar-refractivity contribution in [2.24, 2.45) is 0 Å². The first kappa shape index (κ1) is 14.4. The lowest BCUT2D eigenvalue weighted by Crippen LogP contribution is -2.23. The fourth-order valence-electron chi connectivity index (χ4n) is 1.67. The molecule has 7 nitrogen and oxygen atoms in total. The maximum absolute atomic E-state index is 12.1. The molecule has 2 rings (SSSR count). The number of hydrogen-bond donors (Lipinski definition) is 2. The summed E-state index contributed by atoms with van der Waals surface area (Å²) in [5.74, 6) is -0.906. The van der Waals surface area contributed by atoms with E-state index in [2.05, 4.69) is 15.5 Å². The van der Waals surface area contributed by atoms with Crippen LogP contribution in [0.4, 0.5) is 0 Å². The summed E-state index contributed by atoms with van der Waals surface area (Å²) in [6, 6.07) is 3.24. The van der Waals surface area contributed by atoms with Gasteiger partial charge in [-0.3, -0.25) is 9.78 Å². The Morgan fingerprint density at radius 3 is 2.95 bits per heavy atom. The molecule has 2 heterocycles. The van der Waals surface area contributed by atoms with E-state index in [4.69, 9.17) is 9.63 Å². The van der Waals surface area contributed by atoms with Crippen LogP contribution in [0.15, 0.2) is 35.1 Å². The number of carboxylic acid groups (broad SMARTS) is 1. The first-order valence-corrected chi connectivity index (χ1v) is 6.11. The summed E-state index contributed by atoms with van der Waals surface area (Å²) in [6.07, 6.45) is 5.16. The van der Waals surface area contributed by atoms with Crippen molar-refractivity contribution in [3.05, 3.63) is 53.2 Å². The molecule has 0 saturated carbocycles. The van der Waals surface area contributed by atoms with Gasteiger partial charge < -0.3 is 14.9 Å². The van der Waals surface area contributed by atoms with Gasteiger partial charge in [-0.1, -0.05) is 5.16 Å². The fraction of sp³-hybridized carbons (Fsp3) is 0.143. The molecule has 0 saturated heterocycles. The fourth-order valence-corrected chi connectivity index (χ4v) is 1.67. The number of amides is 1. The molecule has 0 unspecified atom stereocenters. The van der Waals surface area contributed by atoms with Gasteiger partial charge >= 0.3 is 5.97 Å². The van der Waals surface area contributed by atoms with Crippen LogP contribution in [0.1, 0.15) is 27.4 Å². The number of rotatable bonds is 5. The third-order valence-corrected chi connectivity index (χ3v) is 2.60. The number of aromatic nitrogens is 2. The van der Waals surface area contributed by atoms with Gasteiger partial charge in [-0.2, -0.15) is 0 Å². The van der Waals surface area contributed by atoms with Gasteiger partial charge in [0.15, 0.2) is 5.76 Å². The number of carboxylic acids is 1. The van der Waals surface area contributed by atoms with E-state index in [1.54, 1.807) is 13.0 Å². The molecule has 0 aliphatic carbocycles. The van der Waals surface area contributed by atoms with Gasteiger partial charge in [0.25, 0.3) is 5.91 Å². The molecule has 21 heavy (non-hydrogen) atoms. The van der Waals surface area contributed by atoms with Crippen molar-refractivity contribution in [1.82, 2.24) is 15.5 Å². The zero-order valence-corrected chi connectivity index (χ0v) is 11.2. The van der Waals surface area contributed by atoms with Crippen LogP contribution in [0.3, 0.4) is 0 Å². The van der Waals surface area contributed by atoms with Crippen molar-refractivity contribution in [2.45, 2.75) is 13.5 Å². The molecule has 1 amide bonds.